The number of ether oxygens (including phenoxy) is 2. The lowest BCUT2D eigenvalue weighted by Crippen LogP contribution is -2.29. The Morgan fingerprint density at radius 2 is 1.67 bits per heavy atom. The Labute approximate surface area is 133 Å². The maximum Gasteiger partial charge on any atom is 0.165 e. The van der Waals surface area contributed by atoms with Gasteiger partial charge in [-0.05, 0) is 17.7 Å². The number of rotatable bonds is 5. The second-order valence-electron chi connectivity index (χ2n) is 4.33. The van der Waals surface area contributed by atoms with Crippen LogP contribution in [-0.2, 0) is 0 Å². The Morgan fingerprint density at radius 1 is 1.00 bits per heavy atom. The van der Waals surface area contributed by atoms with E-state index >= 15 is 0 Å². The minimum absolute atomic E-state index is 0.374. The van der Waals surface area contributed by atoms with E-state index in [-0.39, 0.29) is 6.04 Å². The second-order valence-corrected chi connectivity index (χ2v) is 5.11. The zero-order valence-electron chi connectivity index (χ0n) is 11.7. The molecule has 0 radical (unpaired) electrons. The average molecular weight is 327 g/mol. The molecule has 0 amide bonds. The zero-order valence-corrected chi connectivity index (χ0v) is 13.2. The first-order valence-corrected chi connectivity index (χ1v) is 7.00. The summed E-state index contributed by atoms with van der Waals surface area (Å²) in [7, 11) is 3.16. The third-order valence-corrected chi connectivity index (χ3v) is 4.04. The van der Waals surface area contributed by atoms with Gasteiger partial charge in [-0.25, -0.2) is 5.43 Å². The smallest absolute Gasteiger partial charge is 0.165 e. The molecular formula is C15H16Cl2N2O2. The van der Waals surface area contributed by atoms with E-state index in [4.69, 9.17) is 38.5 Å². The van der Waals surface area contributed by atoms with Crippen LogP contribution in [0.3, 0.4) is 0 Å². The van der Waals surface area contributed by atoms with Crippen LogP contribution in [0.4, 0.5) is 0 Å². The molecule has 2 aromatic rings. The number of methoxy groups -OCH3 is 2. The Balaban J connectivity index is 2.59. The molecule has 0 saturated carbocycles. The van der Waals surface area contributed by atoms with Crippen LogP contribution >= 0.6 is 23.2 Å². The maximum absolute atomic E-state index is 6.29. The molecule has 0 spiro atoms. The van der Waals surface area contributed by atoms with Gasteiger partial charge in [0.25, 0.3) is 0 Å². The molecule has 3 N–H and O–H groups in total. The van der Waals surface area contributed by atoms with E-state index in [1.807, 2.05) is 30.3 Å². The standard InChI is InChI=1S/C15H16Cl2N2O2/c1-20-12-8-4-6-10(15(12)21-2)14(19-18)9-5-3-7-11(16)13(9)17/h3-8,14,19H,18H2,1-2H3. The fourth-order valence-corrected chi connectivity index (χ4v) is 2.65. The summed E-state index contributed by atoms with van der Waals surface area (Å²) in [4.78, 5) is 0. The highest BCUT2D eigenvalue weighted by molar-refractivity contribution is 6.42. The molecule has 2 rings (SSSR count). The fraction of sp³-hybridized carbons (Fsp3) is 0.200. The molecule has 6 heteroatoms. The van der Waals surface area contributed by atoms with Crippen molar-refractivity contribution in [3.05, 3.63) is 57.6 Å². The van der Waals surface area contributed by atoms with Gasteiger partial charge in [0.15, 0.2) is 11.5 Å². The van der Waals surface area contributed by atoms with Crippen LogP contribution < -0.4 is 20.7 Å². The molecule has 21 heavy (non-hydrogen) atoms. The summed E-state index contributed by atoms with van der Waals surface area (Å²) in [6.45, 7) is 0. The van der Waals surface area contributed by atoms with Crippen LogP contribution in [0.5, 0.6) is 11.5 Å². The quantitative estimate of drug-likeness (QED) is 0.651. The molecule has 0 aliphatic rings. The Bertz CT molecular complexity index is 635. The van der Waals surface area contributed by atoms with Gasteiger partial charge in [0, 0.05) is 5.56 Å². The van der Waals surface area contributed by atoms with Crippen LogP contribution in [0.2, 0.25) is 10.0 Å². The molecule has 1 unspecified atom stereocenters. The maximum atomic E-state index is 6.29. The molecule has 0 aliphatic heterocycles. The monoisotopic (exact) mass is 326 g/mol. The Morgan fingerprint density at radius 3 is 2.29 bits per heavy atom. The average Bonchev–Trinajstić information content (AvgIpc) is 2.51. The molecule has 1 atom stereocenters. The van der Waals surface area contributed by atoms with Crippen LogP contribution in [0.1, 0.15) is 17.2 Å². The van der Waals surface area contributed by atoms with E-state index in [1.165, 1.54) is 0 Å². The van der Waals surface area contributed by atoms with Gasteiger partial charge < -0.3 is 9.47 Å². The van der Waals surface area contributed by atoms with Crippen molar-refractivity contribution in [3.8, 4) is 11.5 Å². The summed E-state index contributed by atoms with van der Waals surface area (Å²) >= 11 is 12.4. The molecule has 0 fully saturated rings. The molecule has 0 aromatic heterocycles. The van der Waals surface area contributed by atoms with Crippen molar-refractivity contribution in [3.63, 3.8) is 0 Å². The molecule has 2 aromatic carbocycles. The molecule has 112 valence electrons. The van der Waals surface area contributed by atoms with Crippen molar-refractivity contribution in [1.82, 2.24) is 5.43 Å². The lowest BCUT2D eigenvalue weighted by atomic mass is 9.98. The Kier molecular flexibility index (Phi) is 5.31. The third kappa shape index (κ3) is 3.09. The van der Waals surface area contributed by atoms with Gasteiger partial charge in [0.1, 0.15) is 0 Å². The van der Waals surface area contributed by atoms with E-state index in [0.717, 1.165) is 11.1 Å². The highest BCUT2D eigenvalue weighted by Gasteiger charge is 2.22. The first-order valence-electron chi connectivity index (χ1n) is 6.25. The lowest BCUT2D eigenvalue weighted by Gasteiger charge is -2.22. The second kappa shape index (κ2) is 7.00. The minimum Gasteiger partial charge on any atom is -0.493 e. The number of para-hydroxylation sites is 1. The number of nitrogens with one attached hydrogen (secondary N) is 1. The Hall–Kier alpha value is -1.46. The van der Waals surface area contributed by atoms with E-state index in [0.29, 0.717) is 21.5 Å². The fourth-order valence-electron chi connectivity index (χ4n) is 2.23. The van der Waals surface area contributed by atoms with Crippen LogP contribution in [0.15, 0.2) is 36.4 Å². The number of hydrogen-bond donors (Lipinski definition) is 2. The van der Waals surface area contributed by atoms with Crippen LogP contribution in [0, 0.1) is 0 Å². The van der Waals surface area contributed by atoms with E-state index in [9.17, 15) is 0 Å². The normalized spacial score (nSPS) is 12.0. The molecular weight excluding hydrogens is 311 g/mol. The first-order chi connectivity index (χ1) is 10.1. The van der Waals surface area contributed by atoms with E-state index in [2.05, 4.69) is 5.43 Å². The first kappa shape index (κ1) is 15.9. The molecule has 0 aliphatic carbocycles. The lowest BCUT2D eigenvalue weighted by molar-refractivity contribution is 0.349. The third-order valence-electron chi connectivity index (χ3n) is 3.20. The molecule has 4 nitrogen and oxygen atoms in total. The highest BCUT2D eigenvalue weighted by atomic mass is 35.5. The predicted molar refractivity (Wildman–Crippen MR) is 85.2 cm³/mol. The van der Waals surface area contributed by atoms with Crippen molar-refractivity contribution in [1.29, 1.82) is 0 Å². The summed E-state index contributed by atoms with van der Waals surface area (Å²) in [6.07, 6.45) is 0. The summed E-state index contributed by atoms with van der Waals surface area (Å²) in [5, 5.41) is 0.920. The van der Waals surface area contributed by atoms with Gasteiger partial charge in [-0.3, -0.25) is 5.84 Å². The van der Waals surface area contributed by atoms with Crippen molar-refractivity contribution >= 4 is 23.2 Å². The number of nitrogens with two attached hydrogens (primary N) is 1. The van der Waals surface area contributed by atoms with Gasteiger partial charge >= 0.3 is 0 Å². The van der Waals surface area contributed by atoms with Gasteiger partial charge in [-0.1, -0.05) is 47.5 Å². The van der Waals surface area contributed by atoms with Crippen LogP contribution in [0.25, 0.3) is 0 Å². The molecule has 0 heterocycles. The number of halogens is 2. The summed E-state index contributed by atoms with van der Waals surface area (Å²) < 4.78 is 10.8. The highest BCUT2D eigenvalue weighted by Crippen LogP contribution is 2.39. The van der Waals surface area contributed by atoms with Crippen molar-refractivity contribution in [2.24, 2.45) is 5.84 Å². The molecule has 0 saturated heterocycles. The molecule has 0 bridgehead atoms. The van der Waals surface area contributed by atoms with Crippen molar-refractivity contribution in [2.45, 2.75) is 6.04 Å². The van der Waals surface area contributed by atoms with Gasteiger partial charge in [-0.2, -0.15) is 0 Å². The van der Waals surface area contributed by atoms with E-state index < -0.39 is 0 Å². The number of benzene rings is 2. The number of hydrogen-bond acceptors (Lipinski definition) is 4. The van der Waals surface area contributed by atoms with E-state index in [1.54, 1.807) is 20.3 Å². The summed E-state index contributed by atoms with van der Waals surface area (Å²) in [5.74, 6) is 6.94. The van der Waals surface area contributed by atoms with Gasteiger partial charge in [0.05, 0.1) is 30.3 Å². The zero-order chi connectivity index (χ0) is 15.4. The SMILES string of the molecule is COc1cccc(C(NN)c2cccc(Cl)c2Cl)c1OC. The van der Waals surface area contributed by atoms with Gasteiger partial charge in [-0.15, -0.1) is 0 Å². The van der Waals surface area contributed by atoms with Crippen molar-refractivity contribution in [2.75, 3.05) is 14.2 Å². The minimum atomic E-state index is -0.374. The predicted octanol–water partition coefficient (Wildman–Crippen LogP) is 3.56. The van der Waals surface area contributed by atoms with Crippen LogP contribution in [-0.4, -0.2) is 14.2 Å². The largest absolute Gasteiger partial charge is 0.493 e. The summed E-state index contributed by atoms with van der Waals surface area (Å²) in [5.41, 5.74) is 4.32. The van der Waals surface area contributed by atoms with Crippen molar-refractivity contribution < 1.29 is 9.47 Å². The number of hydrazine groups is 1. The topological polar surface area (TPSA) is 56.5 Å². The summed E-state index contributed by atoms with van der Waals surface area (Å²) in [6, 6.07) is 10.6. The van der Waals surface area contributed by atoms with Gasteiger partial charge in [0.2, 0.25) is 0 Å².